The summed E-state index contributed by atoms with van der Waals surface area (Å²) in [6.45, 7) is 7.91. The molecule has 0 saturated carbocycles. The molecule has 24 heavy (non-hydrogen) atoms. The van der Waals surface area contributed by atoms with E-state index in [2.05, 4.69) is 10.0 Å². The van der Waals surface area contributed by atoms with Crippen molar-refractivity contribution in [3.63, 3.8) is 0 Å². The van der Waals surface area contributed by atoms with Gasteiger partial charge in [0.05, 0.1) is 23.3 Å². The van der Waals surface area contributed by atoms with Crippen molar-refractivity contribution < 1.29 is 18.9 Å². The van der Waals surface area contributed by atoms with Gasteiger partial charge in [-0.1, -0.05) is 5.11 Å². The lowest BCUT2D eigenvalue weighted by Gasteiger charge is -2.32. The van der Waals surface area contributed by atoms with Crippen LogP contribution in [0, 0.1) is 0 Å². The van der Waals surface area contributed by atoms with Crippen LogP contribution in [0.3, 0.4) is 0 Å². The van der Waals surface area contributed by atoms with Crippen LogP contribution < -0.4 is 0 Å². The first-order valence-corrected chi connectivity index (χ1v) is 10.4. The predicted octanol–water partition coefficient (Wildman–Crippen LogP) is 3.53. The molecule has 0 aliphatic carbocycles. The van der Waals surface area contributed by atoms with Crippen LogP contribution in [0.4, 0.5) is 0 Å². The molecule has 0 bridgehead atoms. The normalized spacial score (nSPS) is 37.1. The molecule has 3 saturated heterocycles. The van der Waals surface area contributed by atoms with Gasteiger partial charge in [0.15, 0.2) is 11.6 Å². The number of thioether (sulfide) groups is 2. The van der Waals surface area contributed by atoms with Crippen LogP contribution in [0.2, 0.25) is 0 Å². The van der Waals surface area contributed by atoms with E-state index in [-0.39, 0.29) is 22.9 Å². The van der Waals surface area contributed by atoms with E-state index in [0.29, 0.717) is 6.61 Å². The Morgan fingerprint density at radius 3 is 2.38 bits per heavy atom. The molecule has 3 fully saturated rings. The molecular weight excluding hydrogens is 350 g/mol. The number of ether oxygens (including phenoxy) is 4. The van der Waals surface area contributed by atoms with Crippen molar-refractivity contribution in [3.05, 3.63) is 10.4 Å². The van der Waals surface area contributed by atoms with Crippen LogP contribution in [-0.2, 0) is 18.9 Å². The summed E-state index contributed by atoms with van der Waals surface area (Å²) in [5.41, 5.74) is 9.07. The summed E-state index contributed by atoms with van der Waals surface area (Å²) in [6, 6.07) is -0.480. The Labute approximate surface area is 151 Å². The van der Waals surface area contributed by atoms with E-state index in [1.165, 1.54) is 6.42 Å². The lowest BCUT2D eigenvalue weighted by atomic mass is 10.0. The summed E-state index contributed by atoms with van der Waals surface area (Å²) in [4.78, 5) is 3.04. The van der Waals surface area contributed by atoms with Gasteiger partial charge in [-0.05, 0) is 51.2 Å². The molecule has 0 unspecified atom stereocenters. The van der Waals surface area contributed by atoms with Crippen molar-refractivity contribution in [2.45, 2.75) is 74.6 Å². The Bertz CT molecular complexity index is 507. The highest BCUT2D eigenvalue weighted by atomic mass is 32.2. The summed E-state index contributed by atoms with van der Waals surface area (Å²) < 4.78 is 24.2. The first-order chi connectivity index (χ1) is 11.3. The maximum absolute atomic E-state index is 9.07. The number of hydrogen-bond acceptors (Lipinski definition) is 7. The SMILES string of the molecule is CC1(C)OC[C@H]([C@H](N=[N+]=[N-])[C@@H]2OC(C)(C)O[C@H]2C2SCCCS2)O1. The zero-order valence-corrected chi connectivity index (χ0v) is 16.1. The van der Waals surface area contributed by atoms with Gasteiger partial charge in [-0.15, -0.1) is 23.5 Å². The van der Waals surface area contributed by atoms with Gasteiger partial charge in [0.25, 0.3) is 0 Å². The largest absolute Gasteiger partial charge is 0.348 e. The minimum Gasteiger partial charge on any atom is -0.348 e. The fourth-order valence-electron chi connectivity index (χ4n) is 3.28. The molecule has 0 aromatic carbocycles. The summed E-state index contributed by atoms with van der Waals surface area (Å²) in [6.07, 6.45) is 0.389. The van der Waals surface area contributed by atoms with E-state index in [4.69, 9.17) is 24.5 Å². The van der Waals surface area contributed by atoms with Gasteiger partial charge >= 0.3 is 0 Å². The van der Waals surface area contributed by atoms with Gasteiger partial charge in [-0.3, -0.25) is 0 Å². The maximum atomic E-state index is 9.07. The predicted molar refractivity (Wildman–Crippen MR) is 95.0 cm³/mol. The molecule has 3 aliphatic heterocycles. The minimum absolute atomic E-state index is 0.141. The van der Waals surface area contributed by atoms with E-state index < -0.39 is 17.6 Å². The second kappa shape index (κ2) is 7.23. The van der Waals surface area contributed by atoms with Gasteiger partial charge in [0.2, 0.25) is 0 Å². The Morgan fingerprint density at radius 1 is 1.08 bits per heavy atom. The third-order valence-electron chi connectivity index (χ3n) is 4.22. The molecule has 0 spiro atoms. The third kappa shape index (κ3) is 4.15. The maximum Gasteiger partial charge on any atom is 0.163 e. The van der Waals surface area contributed by atoms with E-state index in [1.807, 2.05) is 51.2 Å². The summed E-state index contributed by atoms with van der Waals surface area (Å²) in [7, 11) is 0. The van der Waals surface area contributed by atoms with Crippen LogP contribution in [0.15, 0.2) is 5.11 Å². The average Bonchev–Trinajstić information content (AvgIpc) is 3.05. The quantitative estimate of drug-likeness (QED) is 0.424. The van der Waals surface area contributed by atoms with Crippen LogP contribution in [-0.4, -0.2) is 58.6 Å². The molecule has 0 N–H and O–H groups in total. The lowest BCUT2D eigenvalue weighted by molar-refractivity contribution is -0.158. The van der Waals surface area contributed by atoms with Gasteiger partial charge in [0, 0.05) is 4.91 Å². The van der Waals surface area contributed by atoms with Crippen LogP contribution in [0.5, 0.6) is 0 Å². The molecule has 136 valence electrons. The lowest BCUT2D eigenvalue weighted by Crippen LogP contribution is -2.46. The highest BCUT2D eigenvalue weighted by Crippen LogP contribution is 2.44. The molecular formula is C15H25N3O4S2. The molecule has 0 aromatic rings. The molecule has 3 rings (SSSR count). The second-order valence-electron chi connectivity index (χ2n) is 7.09. The average molecular weight is 376 g/mol. The van der Waals surface area contributed by atoms with Crippen LogP contribution in [0.25, 0.3) is 10.4 Å². The Balaban J connectivity index is 1.82. The molecule has 7 nitrogen and oxygen atoms in total. The van der Waals surface area contributed by atoms with E-state index in [1.54, 1.807) is 0 Å². The van der Waals surface area contributed by atoms with Crippen molar-refractivity contribution in [1.29, 1.82) is 0 Å². The Hall–Kier alpha value is -0.150. The molecule has 4 atom stereocenters. The Morgan fingerprint density at radius 2 is 1.79 bits per heavy atom. The molecule has 9 heteroatoms. The number of azide groups is 1. The van der Waals surface area contributed by atoms with Crippen molar-refractivity contribution in [1.82, 2.24) is 0 Å². The summed E-state index contributed by atoms with van der Waals surface area (Å²) in [5, 5.41) is 4.02. The monoisotopic (exact) mass is 375 g/mol. The Kier molecular flexibility index (Phi) is 5.61. The first-order valence-electron chi connectivity index (χ1n) is 8.26. The van der Waals surface area contributed by atoms with Crippen molar-refractivity contribution >= 4 is 23.5 Å². The van der Waals surface area contributed by atoms with Gasteiger partial charge in [0.1, 0.15) is 12.2 Å². The number of rotatable bonds is 4. The molecule has 0 radical (unpaired) electrons. The van der Waals surface area contributed by atoms with E-state index in [9.17, 15) is 0 Å². The second-order valence-corrected chi connectivity index (χ2v) is 9.89. The van der Waals surface area contributed by atoms with Gasteiger partial charge < -0.3 is 18.9 Å². The third-order valence-corrected chi connectivity index (χ3v) is 7.28. The number of nitrogens with zero attached hydrogens (tertiary/aromatic N) is 3. The number of hydrogen-bond donors (Lipinski definition) is 0. The molecule has 0 amide bonds. The minimum atomic E-state index is -0.702. The van der Waals surface area contributed by atoms with Crippen LogP contribution >= 0.6 is 23.5 Å². The fraction of sp³-hybridized carbons (Fsp3) is 1.00. The van der Waals surface area contributed by atoms with Crippen molar-refractivity contribution in [2.24, 2.45) is 5.11 Å². The first kappa shape index (κ1) is 18.6. The summed E-state index contributed by atoms with van der Waals surface area (Å²) >= 11 is 3.79. The zero-order chi connectivity index (χ0) is 17.4. The zero-order valence-electron chi connectivity index (χ0n) is 14.5. The molecule has 3 aliphatic rings. The van der Waals surface area contributed by atoms with Crippen LogP contribution in [0.1, 0.15) is 34.1 Å². The smallest absolute Gasteiger partial charge is 0.163 e. The fourth-order valence-corrected chi connectivity index (χ4v) is 6.31. The highest BCUT2D eigenvalue weighted by Gasteiger charge is 2.52. The topological polar surface area (TPSA) is 85.7 Å². The van der Waals surface area contributed by atoms with Gasteiger partial charge in [-0.25, -0.2) is 0 Å². The van der Waals surface area contributed by atoms with Crippen molar-refractivity contribution in [3.8, 4) is 0 Å². The molecule has 0 aromatic heterocycles. The van der Waals surface area contributed by atoms with Gasteiger partial charge in [-0.2, -0.15) is 0 Å². The molecule has 3 heterocycles. The van der Waals surface area contributed by atoms with E-state index >= 15 is 0 Å². The van der Waals surface area contributed by atoms with Crippen molar-refractivity contribution in [2.75, 3.05) is 18.1 Å². The standard InChI is InChI=1S/C15H25N3O4S2/c1-14(2)19-8-9(20-14)10(17-18-16)11-12(22-15(3,4)21-11)13-23-6-5-7-24-13/h9-13H,5-8H2,1-4H3/t9-,10+,11+,12-/m1/s1. The van der Waals surface area contributed by atoms with E-state index in [0.717, 1.165) is 11.5 Å². The summed E-state index contributed by atoms with van der Waals surface area (Å²) in [5.74, 6) is 0.860. The highest BCUT2D eigenvalue weighted by molar-refractivity contribution is 8.17.